The lowest BCUT2D eigenvalue weighted by atomic mass is 10.2. The Bertz CT molecular complexity index is 393. The minimum atomic E-state index is 0.0544. The summed E-state index contributed by atoms with van der Waals surface area (Å²) in [4.78, 5) is 13.8. The SMILES string of the molecule is COCCNC(=O)CN1CCc2ccccc21. The summed E-state index contributed by atoms with van der Waals surface area (Å²) in [5.41, 5.74) is 2.52. The largest absolute Gasteiger partial charge is 0.383 e. The van der Waals surface area contributed by atoms with E-state index in [1.54, 1.807) is 7.11 Å². The van der Waals surface area contributed by atoms with E-state index in [1.165, 1.54) is 11.3 Å². The van der Waals surface area contributed by atoms with Gasteiger partial charge in [0.05, 0.1) is 13.2 Å². The average molecular weight is 234 g/mol. The first-order chi connectivity index (χ1) is 8.31. The van der Waals surface area contributed by atoms with Crippen molar-refractivity contribution in [1.29, 1.82) is 0 Å². The van der Waals surface area contributed by atoms with E-state index in [0.717, 1.165) is 13.0 Å². The van der Waals surface area contributed by atoms with Gasteiger partial charge in [-0.05, 0) is 18.1 Å². The molecule has 2 rings (SSSR count). The van der Waals surface area contributed by atoms with Crippen molar-refractivity contribution < 1.29 is 9.53 Å². The summed E-state index contributed by atoms with van der Waals surface area (Å²) < 4.78 is 4.89. The molecule has 1 heterocycles. The molecule has 1 amide bonds. The van der Waals surface area contributed by atoms with E-state index >= 15 is 0 Å². The molecule has 0 saturated carbocycles. The fraction of sp³-hybridized carbons (Fsp3) is 0.462. The standard InChI is InChI=1S/C13H18N2O2/c1-17-9-7-14-13(16)10-15-8-6-11-4-2-3-5-12(11)15/h2-5H,6-10H2,1H3,(H,14,16). The highest BCUT2D eigenvalue weighted by molar-refractivity contribution is 5.82. The first-order valence-electron chi connectivity index (χ1n) is 5.90. The fourth-order valence-electron chi connectivity index (χ4n) is 2.09. The van der Waals surface area contributed by atoms with Crippen LogP contribution in [0.2, 0.25) is 0 Å². The number of nitrogens with one attached hydrogen (secondary N) is 1. The Morgan fingerprint density at radius 1 is 1.47 bits per heavy atom. The van der Waals surface area contributed by atoms with E-state index in [-0.39, 0.29) is 5.91 Å². The van der Waals surface area contributed by atoms with Crippen LogP contribution in [-0.2, 0) is 16.0 Å². The lowest BCUT2D eigenvalue weighted by molar-refractivity contribution is -0.119. The van der Waals surface area contributed by atoms with Gasteiger partial charge in [0.1, 0.15) is 0 Å². The van der Waals surface area contributed by atoms with Gasteiger partial charge in [0.15, 0.2) is 0 Å². The second-order valence-electron chi connectivity index (χ2n) is 4.14. The summed E-state index contributed by atoms with van der Waals surface area (Å²) in [5.74, 6) is 0.0544. The number of ether oxygens (including phenoxy) is 1. The summed E-state index contributed by atoms with van der Waals surface area (Å²) in [7, 11) is 1.63. The molecule has 92 valence electrons. The second-order valence-corrected chi connectivity index (χ2v) is 4.14. The molecule has 4 nitrogen and oxygen atoms in total. The Kier molecular flexibility index (Phi) is 3.98. The molecule has 1 N–H and O–H groups in total. The summed E-state index contributed by atoms with van der Waals surface area (Å²) in [6.45, 7) is 2.49. The summed E-state index contributed by atoms with van der Waals surface area (Å²) in [6, 6.07) is 8.25. The maximum absolute atomic E-state index is 11.7. The number of methoxy groups -OCH3 is 1. The average Bonchev–Trinajstić information content (AvgIpc) is 2.73. The van der Waals surface area contributed by atoms with Gasteiger partial charge >= 0.3 is 0 Å². The molecule has 0 unspecified atom stereocenters. The van der Waals surface area contributed by atoms with E-state index in [1.807, 2.05) is 12.1 Å². The van der Waals surface area contributed by atoms with E-state index in [2.05, 4.69) is 22.3 Å². The van der Waals surface area contributed by atoms with Crippen LogP contribution in [0, 0.1) is 0 Å². The van der Waals surface area contributed by atoms with Gasteiger partial charge in [-0.15, -0.1) is 0 Å². The molecule has 17 heavy (non-hydrogen) atoms. The topological polar surface area (TPSA) is 41.6 Å². The van der Waals surface area contributed by atoms with Crippen LogP contribution >= 0.6 is 0 Å². The van der Waals surface area contributed by atoms with Gasteiger partial charge in [0.2, 0.25) is 5.91 Å². The van der Waals surface area contributed by atoms with E-state index < -0.39 is 0 Å². The minimum absolute atomic E-state index is 0.0544. The molecule has 1 aromatic carbocycles. The van der Waals surface area contributed by atoms with Crippen molar-refractivity contribution in [3.8, 4) is 0 Å². The minimum Gasteiger partial charge on any atom is -0.383 e. The quantitative estimate of drug-likeness (QED) is 0.767. The molecule has 4 heteroatoms. The molecule has 0 spiro atoms. The zero-order valence-electron chi connectivity index (χ0n) is 10.1. The zero-order chi connectivity index (χ0) is 12.1. The maximum atomic E-state index is 11.7. The van der Waals surface area contributed by atoms with Gasteiger partial charge in [-0.25, -0.2) is 0 Å². The number of fused-ring (bicyclic) bond motifs is 1. The predicted octanol–water partition coefficient (Wildman–Crippen LogP) is 0.812. The summed E-state index contributed by atoms with van der Waals surface area (Å²) in [6.07, 6.45) is 1.03. The van der Waals surface area contributed by atoms with Crippen LogP contribution in [0.4, 0.5) is 5.69 Å². The van der Waals surface area contributed by atoms with E-state index in [4.69, 9.17) is 4.74 Å². The smallest absolute Gasteiger partial charge is 0.239 e. The Hall–Kier alpha value is -1.55. The van der Waals surface area contributed by atoms with Gasteiger partial charge < -0.3 is 15.0 Å². The highest BCUT2D eigenvalue weighted by atomic mass is 16.5. The van der Waals surface area contributed by atoms with Crippen molar-refractivity contribution in [1.82, 2.24) is 5.32 Å². The van der Waals surface area contributed by atoms with Crippen LogP contribution < -0.4 is 10.2 Å². The molecular weight excluding hydrogens is 216 g/mol. The zero-order valence-corrected chi connectivity index (χ0v) is 10.1. The van der Waals surface area contributed by atoms with Crippen molar-refractivity contribution in [2.24, 2.45) is 0 Å². The van der Waals surface area contributed by atoms with Crippen LogP contribution in [0.1, 0.15) is 5.56 Å². The lowest BCUT2D eigenvalue weighted by Crippen LogP contribution is -2.37. The molecule has 0 fully saturated rings. The number of benzene rings is 1. The Morgan fingerprint density at radius 2 is 2.29 bits per heavy atom. The normalized spacial score (nSPS) is 13.6. The number of rotatable bonds is 5. The maximum Gasteiger partial charge on any atom is 0.239 e. The number of amides is 1. The Labute approximate surface area is 102 Å². The fourth-order valence-corrected chi connectivity index (χ4v) is 2.09. The van der Waals surface area contributed by atoms with Crippen molar-refractivity contribution in [2.75, 3.05) is 38.3 Å². The monoisotopic (exact) mass is 234 g/mol. The number of carbonyl (C=O) groups is 1. The van der Waals surface area contributed by atoms with Gasteiger partial charge in [0, 0.05) is 25.9 Å². The van der Waals surface area contributed by atoms with E-state index in [9.17, 15) is 4.79 Å². The Morgan fingerprint density at radius 3 is 3.12 bits per heavy atom. The number of nitrogens with zero attached hydrogens (tertiary/aromatic N) is 1. The number of anilines is 1. The number of hydrogen-bond acceptors (Lipinski definition) is 3. The van der Waals surface area contributed by atoms with Crippen LogP contribution in [-0.4, -0.2) is 39.3 Å². The third-order valence-corrected chi connectivity index (χ3v) is 2.95. The van der Waals surface area contributed by atoms with Crippen molar-refractivity contribution in [2.45, 2.75) is 6.42 Å². The lowest BCUT2D eigenvalue weighted by Gasteiger charge is -2.18. The second kappa shape index (κ2) is 5.68. The van der Waals surface area contributed by atoms with Crippen LogP contribution in [0.15, 0.2) is 24.3 Å². The summed E-state index contributed by atoms with van der Waals surface area (Å²) in [5, 5.41) is 2.84. The third-order valence-electron chi connectivity index (χ3n) is 2.95. The highest BCUT2D eigenvalue weighted by Gasteiger charge is 2.19. The number of para-hydroxylation sites is 1. The first kappa shape index (κ1) is 11.9. The number of hydrogen-bond donors (Lipinski definition) is 1. The van der Waals surface area contributed by atoms with Crippen molar-refractivity contribution >= 4 is 11.6 Å². The molecule has 0 bridgehead atoms. The number of carbonyl (C=O) groups excluding carboxylic acids is 1. The molecule has 0 aliphatic carbocycles. The predicted molar refractivity (Wildman–Crippen MR) is 67.2 cm³/mol. The van der Waals surface area contributed by atoms with Gasteiger partial charge in [-0.3, -0.25) is 4.79 Å². The molecular formula is C13H18N2O2. The van der Waals surface area contributed by atoms with Gasteiger partial charge in [-0.1, -0.05) is 18.2 Å². The molecule has 0 saturated heterocycles. The highest BCUT2D eigenvalue weighted by Crippen LogP contribution is 2.26. The summed E-state index contributed by atoms with van der Waals surface area (Å²) >= 11 is 0. The van der Waals surface area contributed by atoms with E-state index in [0.29, 0.717) is 19.7 Å². The van der Waals surface area contributed by atoms with Crippen molar-refractivity contribution in [3.63, 3.8) is 0 Å². The Balaban J connectivity index is 1.87. The van der Waals surface area contributed by atoms with Gasteiger partial charge in [0.25, 0.3) is 0 Å². The molecule has 1 aromatic rings. The molecule has 0 radical (unpaired) electrons. The molecule has 0 atom stereocenters. The van der Waals surface area contributed by atoms with Crippen molar-refractivity contribution in [3.05, 3.63) is 29.8 Å². The van der Waals surface area contributed by atoms with Crippen LogP contribution in [0.5, 0.6) is 0 Å². The van der Waals surface area contributed by atoms with Gasteiger partial charge in [-0.2, -0.15) is 0 Å². The first-order valence-corrected chi connectivity index (χ1v) is 5.90. The molecule has 1 aliphatic heterocycles. The molecule has 1 aliphatic rings. The third kappa shape index (κ3) is 2.97. The van der Waals surface area contributed by atoms with Crippen LogP contribution in [0.3, 0.4) is 0 Å². The van der Waals surface area contributed by atoms with Crippen LogP contribution in [0.25, 0.3) is 0 Å². The molecule has 0 aromatic heterocycles.